The summed E-state index contributed by atoms with van der Waals surface area (Å²) >= 11 is 0. The number of hydrogen-bond acceptors (Lipinski definition) is 2. The van der Waals surface area contributed by atoms with Crippen molar-refractivity contribution in [3.8, 4) is 0 Å². The normalized spacial score (nSPS) is 16.9. The van der Waals surface area contributed by atoms with Gasteiger partial charge in [0.15, 0.2) is 0 Å². The van der Waals surface area contributed by atoms with Crippen molar-refractivity contribution in [1.29, 1.82) is 0 Å². The average Bonchev–Trinajstić information content (AvgIpc) is 2.48. The first-order valence-electron chi connectivity index (χ1n) is 7.47. The Hall–Kier alpha value is -1.55. The maximum Gasteiger partial charge on any atom is 0.317 e. The number of carbonyl (C=O) groups is 1. The highest BCUT2D eigenvalue weighted by Gasteiger charge is 2.20. The highest BCUT2D eigenvalue weighted by molar-refractivity contribution is 5.74. The molecule has 0 radical (unpaired) electrons. The Kier molecular flexibility index (Phi) is 5.41. The number of piperidine rings is 1. The van der Waals surface area contributed by atoms with Gasteiger partial charge >= 0.3 is 6.03 Å². The molecule has 1 aliphatic rings. The van der Waals surface area contributed by atoms with E-state index in [2.05, 4.69) is 29.4 Å². The van der Waals surface area contributed by atoms with Gasteiger partial charge in [-0.1, -0.05) is 30.3 Å². The van der Waals surface area contributed by atoms with E-state index in [0.29, 0.717) is 12.6 Å². The third-order valence-corrected chi connectivity index (χ3v) is 3.93. The molecule has 0 unspecified atom stereocenters. The molecule has 2 rings (SSSR count). The Morgan fingerprint density at radius 3 is 2.55 bits per heavy atom. The SMILES string of the molecule is CCN(Cc1ccccc1)C(=O)NC1CCN(C)CC1. The summed E-state index contributed by atoms with van der Waals surface area (Å²) in [5.74, 6) is 0. The highest BCUT2D eigenvalue weighted by atomic mass is 16.2. The first kappa shape index (κ1) is 14.9. The number of amides is 2. The smallest absolute Gasteiger partial charge is 0.317 e. The van der Waals surface area contributed by atoms with Gasteiger partial charge in [0.1, 0.15) is 0 Å². The number of urea groups is 1. The molecule has 1 aromatic rings. The summed E-state index contributed by atoms with van der Waals surface area (Å²) in [6.45, 7) is 5.56. The largest absolute Gasteiger partial charge is 0.335 e. The minimum absolute atomic E-state index is 0.0610. The molecule has 2 amide bonds. The second-order valence-corrected chi connectivity index (χ2v) is 5.53. The third-order valence-electron chi connectivity index (χ3n) is 3.93. The van der Waals surface area contributed by atoms with Crippen molar-refractivity contribution in [3.05, 3.63) is 35.9 Å². The summed E-state index contributed by atoms with van der Waals surface area (Å²) in [6.07, 6.45) is 2.09. The van der Waals surface area contributed by atoms with Crippen molar-refractivity contribution >= 4 is 6.03 Å². The van der Waals surface area contributed by atoms with Gasteiger partial charge in [-0.25, -0.2) is 4.79 Å². The molecule has 0 spiro atoms. The van der Waals surface area contributed by atoms with Crippen LogP contribution in [0, 0.1) is 0 Å². The maximum absolute atomic E-state index is 12.3. The van der Waals surface area contributed by atoms with Crippen molar-refractivity contribution in [3.63, 3.8) is 0 Å². The Balaban J connectivity index is 1.86. The molecule has 0 atom stereocenters. The maximum atomic E-state index is 12.3. The van der Waals surface area contributed by atoms with E-state index in [9.17, 15) is 4.79 Å². The number of nitrogens with zero attached hydrogens (tertiary/aromatic N) is 2. The molecule has 110 valence electrons. The minimum Gasteiger partial charge on any atom is -0.335 e. The van der Waals surface area contributed by atoms with Crippen LogP contribution in [0.3, 0.4) is 0 Å². The summed E-state index contributed by atoms with van der Waals surface area (Å²) in [7, 11) is 2.13. The molecular formula is C16H25N3O. The lowest BCUT2D eigenvalue weighted by Crippen LogP contribution is -2.48. The summed E-state index contributed by atoms with van der Waals surface area (Å²) in [4.78, 5) is 16.5. The van der Waals surface area contributed by atoms with Crippen LogP contribution in [0.5, 0.6) is 0 Å². The number of benzene rings is 1. The van der Waals surface area contributed by atoms with Crippen LogP contribution in [0.2, 0.25) is 0 Å². The van der Waals surface area contributed by atoms with Crippen LogP contribution in [0.1, 0.15) is 25.3 Å². The molecule has 1 heterocycles. The minimum atomic E-state index is 0.0610. The lowest BCUT2D eigenvalue weighted by Gasteiger charge is -2.31. The Labute approximate surface area is 121 Å². The summed E-state index contributed by atoms with van der Waals surface area (Å²) in [6, 6.07) is 10.5. The van der Waals surface area contributed by atoms with Crippen LogP contribution < -0.4 is 5.32 Å². The van der Waals surface area contributed by atoms with E-state index in [1.54, 1.807) is 0 Å². The fraction of sp³-hybridized carbons (Fsp3) is 0.562. The molecule has 1 saturated heterocycles. The van der Waals surface area contributed by atoms with Crippen LogP contribution in [-0.4, -0.2) is 48.6 Å². The fourth-order valence-electron chi connectivity index (χ4n) is 2.55. The fourth-order valence-corrected chi connectivity index (χ4v) is 2.55. The van der Waals surface area contributed by atoms with E-state index in [1.807, 2.05) is 30.0 Å². The van der Waals surface area contributed by atoms with E-state index in [1.165, 1.54) is 5.56 Å². The van der Waals surface area contributed by atoms with Crippen molar-refractivity contribution in [2.45, 2.75) is 32.4 Å². The second kappa shape index (κ2) is 7.29. The van der Waals surface area contributed by atoms with Crippen LogP contribution in [0.25, 0.3) is 0 Å². The van der Waals surface area contributed by atoms with Gasteiger partial charge in [-0.15, -0.1) is 0 Å². The van der Waals surface area contributed by atoms with E-state index in [4.69, 9.17) is 0 Å². The summed E-state index contributed by atoms with van der Waals surface area (Å²) < 4.78 is 0. The van der Waals surface area contributed by atoms with Crippen LogP contribution >= 0.6 is 0 Å². The van der Waals surface area contributed by atoms with Gasteiger partial charge in [0.05, 0.1) is 0 Å². The first-order valence-corrected chi connectivity index (χ1v) is 7.47. The van der Waals surface area contributed by atoms with E-state index < -0.39 is 0 Å². The average molecular weight is 275 g/mol. The molecule has 1 N–H and O–H groups in total. The molecule has 0 aliphatic carbocycles. The zero-order valence-electron chi connectivity index (χ0n) is 12.5. The number of hydrogen-bond donors (Lipinski definition) is 1. The zero-order chi connectivity index (χ0) is 14.4. The Bertz CT molecular complexity index is 413. The van der Waals surface area contributed by atoms with E-state index >= 15 is 0 Å². The predicted molar refractivity (Wildman–Crippen MR) is 81.6 cm³/mol. The number of carbonyl (C=O) groups excluding carboxylic acids is 1. The van der Waals surface area contributed by atoms with E-state index in [-0.39, 0.29) is 6.03 Å². The van der Waals surface area contributed by atoms with Gasteiger partial charge in [0.25, 0.3) is 0 Å². The quantitative estimate of drug-likeness (QED) is 0.915. The Morgan fingerprint density at radius 1 is 1.30 bits per heavy atom. The van der Waals surface area contributed by atoms with Gasteiger partial charge in [0.2, 0.25) is 0 Å². The van der Waals surface area contributed by atoms with Crippen LogP contribution in [0.4, 0.5) is 4.79 Å². The predicted octanol–water partition coefficient (Wildman–Crippen LogP) is 2.31. The standard InChI is InChI=1S/C16H25N3O/c1-3-19(13-14-7-5-4-6-8-14)16(20)17-15-9-11-18(2)12-10-15/h4-8,15H,3,9-13H2,1-2H3,(H,17,20). The highest BCUT2D eigenvalue weighted by Crippen LogP contribution is 2.10. The summed E-state index contributed by atoms with van der Waals surface area (Å²) in [5.41, 5.74) is 1.17. The molecule has 20 heavy (non-hydrogen) atoms. The molecule has 0 aromatic heterocycles. The molecule has 1 aliphatic heterocycles. The number of likely N-dealkylation sites (tertiary alicyclic amines) is 1. The van der Waals surface area contributed by atoms with E-state index in [0.717, 1.165) is 32.5 Å². The van der Waals surface area contributed by atoms with Gasteiger partial charge in [0, 0.05) is 19.1 Å². The number of rotatable bonds is 4. The van der Waals surface area contributed by atoms with Gasteiger partial charge in [-0.05, 0) is 45.5 Å². The molecule has 4 heteroatoms. The topological polar surface area (TPSA) is 35.6 Å². The lowest BCUT2D eigenvalue weighted by atomic mass is 10.1. The molecule has 1 fully saturated rings. The monoisotopic (exact) mass is 275 g/mol. The molecular weight excluding hydrogens is 250 g/mol. The molecule has 0 bridgehead atoms. The van der Waals surface area contributed by atoms with Crippen molar-refractivity contribution in [1.82, 2.24) is 15.1 Å². The molecule has 1 aromatic carbocycles. The Morgan fingerprint density at radius 2 is 1.95 bits per heavy atom. The van der Waals surface area contributed by atoms with Gasteiger partial charge < -0.3 is 15.1 Å². The van der Waals surface area contributed by atoms with Crippen molar-refractivity contribution in [2.75, 3.05) is 26.7 Å². The van der Waals surface area contributed by atoms with Crippen molar-refractivity contribution < 1.29 is 4.79 Å². The molecule has 0 saturated carbocycles. The van der Waals surface area contributed by atoms with Crippen LogP contribution in [-0.2, 0) is 6.54 Å². The van der Waals surface area contributed by atoms with Gasteiger partial charge in [-0.2, -0.15) is 0 Å². The lowest BCUT2D eigenvalue weighted by molar-refractivity contribution is 0.181. The van der Waals surface area contributed by atoms with Crippen molar-refractivity contribution in [2.24, 2.45) is 0 Å². The third kappa shape index (κ3) is 4.23. The first-order chi connectivity index (χ1) is 9.69. The number of nitrogens with one attached hydrogen (secondary N) is 1. The second-order valence-electron chi connectivity index (χ2n) is 5.53. The van der Waals surface area contributed by atoms with Crippen LogP contribution in [0.15, 0.2) is 30.3 Å². The molecule has 4 nitrogen and oxygen atoms in total. The zero-order valence-corrected chi connectivity index (χ0v) is 12.5. The van der Waals surface area contributed by atoms with Gasteiger partial charge in [-0.3, -0.25) is 0 Å². The summed E-state index contributed by atoms with van der Waals surface area (Å²) in [5, 5.41) is 3.17.